The minimum Gasteiger partial charge on any atom is -0.399 e. The van der Waals surface area contributed by atoms with Gasteiger partial charge in [0.05, 0.1) is 11.4 Å². The summed E-state index contributed by atoms with van der Waals surface area (Å²) < 4.78 is 26.5. The molecule has 21 heavy (non-hydrogen) atoms. The fraction of sp³-hybridized carbons (Fsp3) is 0.308. The molecule has 0 saturated carbocycles. The highest BCUT2D eigenvalue weighted by Crippen LogP contribution is 2.23. The summed E-state index contributed by atoms with van der Waals surface area (Å²) in [5.74, 6) is 0.492. The number of rotatable bonds is 6. The first-order chi connectivity index (χ1) is 9.85. The van der Waals surface area contributed by atoms with Gasteiger partial charge in [0.2, 0.25) is 10.0 Å². The molecule has 114 valence electrons. The standard InChI is InChI=1S/C13H17N3O2S3/c1-9-10(2)20-13(15-9)16-21(17,18)7-6-19-12-5-3-4-11(14)8-12/h3-5,8H,6-7,14H2,1-2H3,(H,15,16). The van der Waals surface area contributed by atoms with E-state index in [4.69, 9.17) is 5.73 Å². The number of benzene rings is 1. The van der Waals surface area contributed by atoms with Crippen molar-refractivity contribution < 1.29 is 8.42 Å². The summed E-state index contributed by atoms with van der Waals surface area (Å²) >= 11 is 2.81. The van der Waals surface area contributed by atoms with Gasteiger partial charge in [-0.15, -0.1) is 23.1 Å². The summed E-state index contributed by atoms with van der Waals surface area (Å²) in [6, 6.07) is 7.40. The van der Waals surface area contributed by atoms with Crippen LogP contribution in [0.4, 0.5) is 10.8 Å². The molecule has 0 saturated heterocycles. The molecule has 1 aromatic heterocycles. The van der Waals surface area contributed by atoms with E-state index in [2.05, 4.69) is 9.71 Å². The van der Waals surface area contributed by atoms with Gasteiger partial charge in [-0.1, -0.05) is 6.07 Å². The third-order valence-corrected chi connectivity index (χ3v) is 6.37. The monoisotopic (exact) mass is 343 g/mol. The van der Waals surface area contributed by atoms with Crippen LogP contribution >= 0.6 is 23.1 Å². The Morgan fingerprint density at radius 3 is 2.76 bits per heavy atom. The summed E-state index contributed by atoms with van der Waals surface area (Å²) in [6.07, 6.45) is 0. The fourth-order valence-corrected chi connectivity index (χ4v) is 5.04. The van der Waals surface area contributed by atoms with E-state index in [-0.39, 0.29) is 5.75 Å². The number of hydrogen-bond acceptors (Lipinski definition) is 6. The lowest BCUT2D eigenvalue weighted by Gasteiger charge is -2.05. The van der Waals surface area contributed by atoms with E-state index in [0.29, 0.717) is 16.6 Å². The van der Waals surface area contributed by atoms with Crippen LogP contribution in [0.25, 0.3) is 0 Å². The van der Waals surface area contributed by atoms with Gasteiger partial charge in [-0.25, -0.2) is 13.4 Å². The van der Waals surface area contributed by atoms with Crippen molar-refractivity contribution in [2.45, 2.75) is 18.7 Å². The second-order valence-electron chi connectivity index (χ2n) is 4.50. The summed E-state index contributed by atoms with van der Waals surface area (Å²) in [7, 11) is -3.37. The van der Waals surface area contributed by atoms with Crippen LogP contribution in [0.1, 0.15) is 10.6 Å². The summed E-state index contributed by atoms with van der Waals surface area (Å²) in [4.78, 5) is 6.16. The van der Waals surface area contributed by atoms with Crippen molar-refractivity contribution in [2.24, 2.45) is 0 Å². The topological polar surface area (TPSA) is 85.1 Å². The molecule has 0 atom stereocenters. The largest absolute Gasteiger partial charge is 0.399 e. The van der Waals surface area contributed by atoms with Crippen LogP contribution in [0.5, 0.6) is 0 Å². The predicted molar refractivity (Wildman–Crippen MR) is 90.6 cm³/mol. The van der Waals surface area contributed by atoms with Crippen molar-refractivity contribution in [2.75, 3.05) is 22.0 Å². The highest BCUT2D eigenvalue weighted by molar-refractivity contribution is 8.01. The number of aryl methyl sites for hydroxylation is 2. The molecule has 0 aliphatic heterocycles. The maximum Gasteiger partial charge on any atom is 0.235 e. The van der Waals surface area contributed by atoms with E-state index in [9.17, 15) is 8.42 Å². The second-order valence-corrected chi connectivity index (χ2v) is 8.72. The van der Waals surface area contributed by atoms with Crippen LogP contribution < -0.4 is 10.5 Å². The molecule has 0 bridgehead atoms. The lowest BCUT2D eigenvalue weighted by molar-refractivity contribution is 0.602. The SMILES string of the molecule is Cc1nc(NS(=O)(=O)CCSc2cccc(N)c2)sc1C. The van der Waals surface area contributed by atoms with Crippen molar-refractivity contribution in [1.29, 1.82) is 0 Å². The van der Waals surface area contributed by atoms with Gasteiger partial charge in [-0.3, -0.25) is 4.72 Å². The minimum absolute atomic E-state index is 0.0319. The number of hydrogen-bond donors (Lipinski definition) is 2. The molecule has 5 nitrogen and oxygen atoms in total. The molecule has 3 N–H and O–H groups in total. The Bertz CT molecular complexity index is 707. The molecule has 2 rings (SSSR count). The van der Waals surface area contributed by atoms with Crippen LogP contribution in [0.2, 0.25) is 0 Å². The molecular formula is C13H17N3O2S3. The van der Waals surface area contributed by atoms with Crippen molar-refractivity contribution in [3.05, 3.63) is 34.8 Å². The molecule has 0 amide bonds. The van der Waals surface area contributed by atoms with Gasteiger partial charge in [0.15, 0.2) is 5.13 Å². The van der Waals surface area contributed by atoms with E-state index >= 15 is 0 Å². The Labute approximate surface area is 133 Å². The number of aromatic nitrogens is 1. The smallest absolute Gasteiger partial charge is 0.235 e. The van der Waals surface area contributed by atoms with Gasteiger partial charge >= 0.3 is 0 Å². The molecule has 0 radical (unpaired) electrons. The highest BCUT2D eigenvalue weighted by atomic mass is 32.2. The zero-order valence-corrected chi connectivity index (χ0v) is 14.2. The Hall–Kier alpha value is -1.25. The number of sulfonamides is 1. The number of anilines is 2. The van der Waals surface area contributed by atoms with E-state index in [0.717, 1.165) is 15.5 Å². The van der Waals surface area contributed by atoms with Crippen LogP contribution in [0.3, 0.4) is 0 Å². The first kappa shape index (κ1) is 16.1. The van der Waals surface area contributed by atoms with Crippen LogP contribution in [-0.4, -0.2) is 24.9 Å². The van der Waals surface area contributed by atoms with Crippen LogP contribution in [0.15, 0.2) is 29.2 Å². The number of nitrogen functional groups attached to an aromatic ring is 1. The molecule has 2 aromatic rings. The van der Waals surface area contributed by atoms with Gasteiger partial charge < -0.3 is 5.73 Å². The zero-order valence-electron chi connectivity index (χ0n) is 11.8. The van der Waals surface area contributed by atoms with Crippen molar-refractivity contribution in [1.82, 2.24) is 4.98 Å². The minimum atomic E-state index is -3.37. The Balaban J connectivity index is 1.89. The highest BCUT2D eigenvalue weighted by Gasteiger charge is 2.13. The molecule has 8 heteroatoms. The molecule has 0 unspecified atom stereocenters. The van der Waals surface area contributed by atoms with Gasteiger partial charge in [-0.05, 0) is 32.0 Å². The Morgan fingerprint density at radius 2 is 2.14 bits per heavy atom. The lowest BCUT2D eigenvalue weighted by atomic mass is 10.3. The first-order valence-electron chi connectivity index (χ1n) is 6.28. The molecule has 0 aliphatic carbocycles. The number of nitrogens with two attached hydrogens (primary N) is 1. The van der Waals surface area contributed by atoms with E-state index < -0.39 is 10.0 Å². The van der Waals surface area contributed by atoms with E-state index in [1.807, 2.05) is 32.0 Å². The van der Waals surface area contributed by atoms with E-state index in [1.165, 1.54) is 23.1 Å². The van der Waals surface area contributed by atoms with Crippen LogP contribution in [-0.2, 0) is 10.0 Å². The molecule has 1 heterocycles. The normalized spacial score (nSPS) is 11.5. The molecule has 0 fully saturated rings. The van der Waals surface area contributed by atoms with Crippen molar-refractivity contribution >= 4 is 43.9 Å². The van der Waals surface area contributed by atoms with Gasteiger partial charge in [0.25, 0.3) is 0 Å². The number of thiazole rings is 1. The number of thioether (sulfide) groups is 1. The second kappa shape index (κ2) is 6.67. The van der Waals surface area contributed by atoms with Crippen LogP contribution in [0, 0.1) is 13.8 Å². The number of nitrogens with one attached hydrogen (secondary N) is 1. The van der Waals surface area contributed by atoms with Gasteiger partial charge in [0, 0.05) is 21.2 Å². The quantitative estimate of drug-likeness (QED) is 0.622. The molecule has 0 aliphatic rings. The van der Waals surface area contributed by atoms with Crippen molar-refractivity contribution in [3.8, 4) is 0 Å². The average molecular weight is 343 g/mol. The van der Waals surface area contributed by atoms with Crippen molar-refractivity contribution in [3.63, 3.8) is 0 Å². The zero-order chi connectivity index (χ0) is 15.5. The Morgan fingerprint density at radius 1 is 1.38 bits per heavy atom. The summed E-state index contributed by atoms with van der Waals surface area (Å²) in [5.41, 5.74) is 7.21. The third kappa shape index (κ3) is 4.90. The van der Waals surface area contributed by atoms with Gasteiger partial charge in [0.1, 0.15) is 0 Å². The maximum atomic E-state index is 12.0. The first-order valence-corrected chi connectivity index (χ1v) is 9.74. The fourth-order valence-electron chi connectivity index (χ4n) is 1.57. The third-order valence-electron chi connectivity index (χ3n) is 2.75. The molecule has 0 spiro atoms. The van der Waals surface area contributed by atoms with Gasteiger partial charge in [-0.2, -0.15) is 0 Å². The summed E-state index contributed by atoms with van der Waals surface area (Å²) in [6.45, 7) is 3.78. The molecular weight excluding hydrogens is 326 g/mol. The number of nitrogens with zero attached hydrogens (tertiary/aromatic N) is 1. The lowest BCUT2D eigenvalue weighted by Crippen LogP contribution is -2.18. The summed E-state index contributed by atoms with van der Waals surface area (Å²) in [5, 5.41) is 0.430. The maximum absolute atomic E-state index is 12.0. The Kier molecular flexibility index (Phi) is 5.13. The molecule has 1 aromatic carbocycles. The predicted octanol–water partition coefficient (Wildman–Crippen LogP) is 2.88. The average Bonchev–Trinajstić information content (AvgIpc) is 2.67. The van der Waals surface area contributed by atoms with E-state index in [1.54, 1.807) is 6.07 Å².